The zero-order valence-electron chi connectivity index (χ0n) is 18.8. The molecule has 0 radical (unpaired) electrons. The maximum Gasteiger partial charge on any atom is 0.325 e. The highest BCUT2D eigenvalue weighted by molar-refractivity contribution is 6.10. The van der Waals surface area contributed by atoms with Gasteiger partial charge in [0.1, 0.15) is 12.1 Å². The molecule has 1 saturated heterocycles. The molecule has 1 aliphatic carbocycles. The number of nitrogens with zero attached hydrogens (tertiary/aromatic N) is 3. The van der Waals surface area contributed by atoms with Gasteiger partial charge >= 0.3 is 6.03 Å². The van der Waals surface area contributed by atoms with Crippen molar-refractivity contribution in [3.8, 4) is 0 Å². The van der Waals surface area contributed by atoms with E-state index in [1.807, 2.05) is 4.57 Å². The fourth-order valence-electron chi connectivity index (χ4n) is 4.62. The number of carbonyl (C=O) groups is 3. The molecule has 8 nitrogen and oxygen atoms in total. The zero-order valence-corrected chi connectivity index (χ0v) is 18.8. The summed E-state index contributed by atoms with van der Waals surface area (Å²) < 4.78 is 1.85. The number of imidazole rings is 1. The first-order valence-corrected chi connectivity index (χ1v) is 11.0. The van der Waals surface area contributed by atoms with E-state index < -0.39 is 17.5 Å². The van der Waals surface area contributed by atoms with E-state index in [1.165, 1.54) is 0 Å². The van der Waals surface area contributed by atoms with Crippen LogP contribution >= 0.6 is 0 Å². The molecule has 2 heterocycles. The Morgan fingerprint density at radius 3 is 2.60 bits per heavy atom. The van der Waals surface area contributed by atoms with Crippen LogP contribution in [0.2, 0.25) is 0 Å². The number of amides is 4. The Labute approximate surface area is 178 Å². The van der Waals surface area contributed by atoms with Gasteiger partial charge < -0.3 is 9.88 Å². The van der Waals surface area contributed by atoms with E-state index in [-0.39, 0.29) is 17.9 Å². The van der Waals surface area contributed by atoms with Crippen molar-refractivity contribution >= 4 is 23.8 Å². The van der Waals surface area contributed by atoms with Crippen LogP contribution in [0, 0.1) is 17.3 Å². The first-order valence-electron chi connectivity index (χ1n) is 11.0. The number of imide groups is 1. The molecule has 1 spiro atoms. The van der Waals surface area contributed by atoms with Crippen molar-refractivity contribution in [3.05, 3.63) is 12.4 Å². The average molecular weight is 418 g/mol. The lowest BCUT2D eigenvalue weighted by Gasteiger charge is -2.42. The van der Waals surface area contributed by atoms with Crippen LogP contribution in [0.4, 0.5) is 10.7 Å². The van der Waals surface area contributed by atoms with Gasteiger partial charge in [0.2, 0.25) is 11.9 Å². The van der Waals surface area contributed by atoms with E-state index in [9.17, 15) is 14.4 Å². The predicted molar refractivity (Wildman–Crippen MR) is 115 cm³/mol. The summed E-state index contributed by atoms with van der Waals surface area (Å²) in [5.74, 6) is 0.662. The van der Waals surface area contributed by atoms with E-state index in [0.29, 0.717) is 30.6 Å². The molecule has 30 heavy (non-hydrogen) atoms. The number of nitrogens with one attached hydrogen (secondary N) is 2. The number of urea groups is 1. The number of anilines is 1. The van der Waals surface area contributed by atoms with E-state index in [1.54, 1.807) is 12.4 Å². The van der Waals surface area contributed by atoms with Crippen LogP contribution in [-0.4, -0.2) is 44.4 Å². The van der Waals surface area contributed by atoms with Crippen molar-refractivity contribution in [1.82, 2.24) is 19.8 Å². The maximum atomic E-state index is 13.1. The molecule has 2 fully saturated rings. The SMILES string of the molecule is CCC(C)(C)C1CCC2(CC1)NC(=O)N(CC(=O)Nc1nccn1CC(C)C)C2=O. The summed E-state index contributed by atoms with van der Waals surface area (Å²) in [4.78, 5) is 43.4. The van der Waals surface area contributed by atoms with Gasteiger partial charge in [-0.1, -0.05) is 41.0 Å². The number of aromatic nitrogens is 2. The molecule has 1 saturated carbocycles. The highest BCUT2D eigenvalue weighted by atomic mass is 16.2. The molecule has 2 aliphatic rings. The Kier molecular flexibility index (Phi) is 6.24. The number of carbonyl (C=O) groups excluding carboxylic acids is 3. The summed E-state index contributed by atoms with van der Waals surface area (Å²) in [6.45, 7) is 11.3. The molecule has 4 amide bonds. The average Bonchev–Trinajstić information content (AvgIpc) is 3.19. The highest BCUT2D eigenvalue weighted by Gasteiger charge is 2.53. The first-order chi connectivity index (χ1) is 14.1. The zero-order chi connectivity index (χ0) is 22.1. The van der Waals surface area contributed by atoms with Gasteiger partial charge in [0.05, 0.1) is 0 Å². The summed E-state index contributed by atoms with van der Waals surface area (Å²) in [7, 11) is 0. The Morgan fingerprint density at radius 2 is 2.00 bits per heavy atom. The number of hydrogen-bond donors (Lipinski definition) is 2. The van der Waals surface area contributed by atoms with Crippen molar-refractivity contribution < 1.29 is 14.4 Å². The molecular formula is C22H35N5O3. The van der Waals surface area contributed by atoms with Gasteiger partial charge in [-0.25, -0.2) is 9.78 Å². The van der Waals surface area contributed by atoms with Crippen LogP contribution in [0.15, 0.2) is 12.4 Å². The standard InChI is InChI=1S/C22H35N5O3/c1-6-21(4,5)16-7-9-22(10-8-16)18(29)27(20(30)25-22)14-17(28)24-19-23-11-12-26(19)13-15(2)3/h11-12,15-16H,6-10,13-14H2,1-5H3,(H,25,30)(H,23,24,28). The summed E-state index contributed by atoms with van der Waals surface area (Å²) in [6, 6.07) is -0.478. The number of hydrogen-bond acceptors (Lipinski definition) is 4. The molecule has 1 aliphatic heterocycles. The molecule has 0 bridgehead atoms. The molecule has 3 rings (SSSR count). The molecular weight excluding hydrogens is 382 g/mol. The normalized spacial score (nSPS) is 24.6. The first kappa shape index (κ1) is 22.3. The molecule has 2 N–H and O–H groups in total. The summed E-state index contributed by atoms with van der Waals surface area (Å²) >= 11 is 0. The molecule has 8 heteroatoms. The van der Waals surface area contributed by atoms with Crippen molar-refractivity contribution in [2.75, 3.05) is 11.9 Å². The van der Waals surface area contributed by atoms with Crippen LogP contribution in [0.5, 0.6) is 0 Å². The van der Waals surface area contributed by atoms with Crippen molar-refractivity contribution in [1.29, 1.82) is 0 Å². The molecule has 1 aromatic heterocycles. The Hall–Kier alpha value is -2.38. The van der Waals surface area contributed by atoms with Crippen molar-refractivity contribution in [2.24, 2.45) is 17.3 Å². The van der Waals surface area contributed by atoms with E-state index in [2.05, 4.69) is 50.2 Å². The van der Waals surface area contributed by atoms with Gasteiger partial charge in [-0.05, 0) is 42.9 Å². The molecule has 1 aromatic rings. The van der Waals surface area contributed by atoms with Crippen LogP contribution < -0.4 is 10.6 Å². The monoisotopic (exact) mass is 417 g/mol. The van der Waals surface area contributed by atoms with Gasteiger partial charge in [-0.15, -0.1) is 0 Å². The quantitative estimate of drug-likeness (QED) is 0.665. The topological polar surface area (TPSA) is 96.3 Å². The van der Waals surface area contributed by atoms with Gasteiger partial charge in [-0.3, -0.25) is 19.8 Å². The lowest BCUT2D eigenvalue weighted by molar-refractivity contribution is -0.135. The third kappa shape index (κ3) is 4.37. The smallest absolute Gasteiger partial charge is 0.323 e. The minimum atomic E-state index is -0.853. The Morgan fingerprint density at radius 1 is 1.33 bits per heavy atom. The van der Waals surface area contributed by atoms with Gasteiger partial charge in [0, 0.05) is 18.9 Å². The fourth-order valence-corrected chi connectivity index (χ4v) is 4.62. The molecule has 0 aromatic carbocycles. The minimum Gasteiger partial charge on any atom is -0.323 e. The summed E-state index contributed by atoms with van der Waals surface area (Å²) in [6.07, 6.45) is 7.57. The highest BCUT2D eigenvalue weighted by Crippen LogP contribution is 2.45. The molecule has 0 atom stereocenters. The molecule has 166 valence electrons. The predicted octanol–water partition coefficient (Wildman–Crippen LogP) is 3.39. The van der Waals surface area contributed by atoms with Gasteiger partial charge in [-0.2, -0.15) is 0 Å². The number of rotatable bonds is 7. The van der Waals surface area contributed by atoms with Gasteiger partial charge in [0.25, 0.3) is 5.91 Å². The van der Waals surface area contributed by atoms with Crippen molar-refractivity contribution in [2.45, 2.75) is 78.8 Å². The lowest BCUT2D eigenvalue weighted by Crippen LogP contribution is -2.51. The van der Waals surface area contributed by atoms with Gasteiger partial charge in [0.15, 0.2) is 0 Å². The largest absolute Gasteiger partial charge is 0.325 e. The Balaban J connectivity index is 1.62. The maximum absolute atomic E-state index is 13.1. The lowest BCUT2D eigenvalue weighted by atomic mass is 9.65. The minimum absolute atomic E-state index is 0.227. The second-order valence-electron chi connectivity index (χ2n) is 9.87. The van der Waals surface area contributed by atoms with Crippen LogP contribution in [0.25, 0.3) is 0 Å². The second-order valence-corrected chi connectivity index (χ2v) is 9.87. The van der Waals surface area contributed by atoms with Crippen LogP contribution in [-0.2, 0) is 16.1 Å². The second kappa shape index (κ2) is 8.40. The van der Waals surface area contributed by atoms with E-state index in [4.69, 9.17) is 0 Å². The van der Waals surface area contributed by atoms with Crippen LogP contribution in [0.3, 0.4) is 0 Å². The summed E-state index contributed by atoms with van der Waals surface area (Å²) in [5, 5.41) is 5.63. The summed E-state index contributed by atoms with van der Waals surface area (Å²) in [5.41, 5.74) is -0.626. The van der Waals surface area contributed by atoms with E-state index >= 15 is 0 Å². The van der Waals surface area contributed by atoms with Crippen LogP contribution in [0.1, 0.15) is 66.7 Å². The Bertz CT molecular complexity index is 805. The third-order valence-electron chi connectivity index (χ3n) is 6.93. The van der Waals surface area contributed by atoms with E-state index in [0.717, 1.165) is 30.7 Å². The molecule has 0 unspecified atom stereocenters. The van der Waals surface area contributed by atoms with Crippen molar-refractivity contribution in [3.63, 3.8) is 0 Å². The third-order valence-corrected chi connectivity index (χ3v) is 6.93. The fraction of sp³-hybridized carbons (Fsp3) is 0.727.